The Morgan fingerprint density at radius 1 is 1.56 bits per heavy atom. The van der Waals surface area contributed by atoms with E-state index in [1.807, 2.05) is 6.07 Å². The van der Waals surface area contributed by atoms with Gasteiger partial charge in [0.2, 0.25) is 0 Å². The molecule has 2 heterocycles. The highest BCUT2D eigenvalue weighted by Crippen LogP contribution is 2.25. The molecule has 0 aliphatic carbocycles. The smallest absolute Gasteiger partial charge is 0.196 e. The first kappa shape index (κ1) is 11.2. The SMILES string of the molecule is COC1CN(c2ccc(C=O)o2)CCC1C. The zero-order valence-electron chi connectivity index (χ0n) is 9.68. The predicted molar refractivity (Wildman–Crippen MR) is 60.9 cm³/mol. The number of carbonyl (C=O) groups excluding carboxylic acids is 1. The maximum absolute atomic E-state index is 10.5. The Kier molecular flexibility index (Phi) is 3.29. The zero-order chi connectivity index (χ0) is 11.5. The number of furan rings is 1. The van der Waals surface area contributed by atoms with E-state index in [0.717, 1.165) is 31.7 Å². The van der Waals surface area contributed by atoms with Crippen molar-refractivity contribution >= 4 is 12.2 Å². The van der Waals surface area contributed by atoms with Crippen molar-refractivity contribution in [2.45, 2.75) is 19.4 Å². The van der Waals surface area contributed by atoms with Crippen LogP contribution in [-0.4, -0.2) is 32.6 Å². The third-order valence-electron chi connectivity index (χ3n) is 3.23. The average Bonchev–Trinajstić information content (AvgIpc) is 2.78. The van der Waals surface area contributed by atoms with E-state index in [-0.39, 0.29) is 6.10 Å². The largest absolute Gasteiger partial charge is 0.438 e. The topological polar surface area (TPSA) is 42.7 Å². The van der Waals surface area contributed by atoms with Crippen molar-refractivity contribution in [3.8, 4) is 0 Å². The molecule has 1 fully saturated rings. The second-order valence-corrected chi connectivity index (χ2v) is 4.28. The molecule has 1 aliphatic heterocycles. The number of aldehydes is 1. The Labute approximate surface area is 95.2 Å². The van der Waals surface area contributed by atoms with Crippen LogP contribution in [0.5, 0.6) is 0 Å². The molecular formula is C12H17NO3. The van der Waals surface area contributed by atoms with Gasteiger partial charge in [-0.1, -0.05) is 6.92 Å². The van der Waals surface area contributed by atoms with Crippen molar-refractivity contribution in [2.75, 3.05) is 25.1 Å². The molecule has 1 saturated heterocycles. The molecule has 1 aromatic heterocycles. The first-order valence-electron chi connectivity index (χ1n) is 5.57. The summed E-state index contributed by atoms with van der Waals surface area (Å²) in [4.78, 5) is 12.7. The summed E-state index contributed by atoms with van der Waals surface area (Å²) in [5.41, 5.74) is 0. The number of rotatable bonds is 3. The van der Waals surface area contributed by atoms with E-state index < -0.39 is 0 Å². The van der Waals surface area contributed by atoms with Gasteiger partial charge in [-0.3, -0.25) is 4.79 Å². The van der Waals surface area contributed by atoms with E-state index in [9.17, 15) is 4.79 Å². The second kappa shape index (κ2) is 4.70. The number of hydrogen-bond donors (Lipinski definition) is 0. The zero-order valence-corrected chi connectivity index (χ0v) is 9.68. The lowest BCUT2D eigenvalue weighted by molar-refractivity contribution is 0.0488. The lowest BCUT2D eigenvalue weighted by Gasteiger charge is -2.35. The molecule has 0 N–H and O–H groups in total. The first-order chi connectivity index (χ1) is 7.74. The maximum atomic E-state index is 10.5. The van der Waals surface area contributed by atoms with Crippen LogP contribution in [0.3, 0.4) is 0 Å². The number of nitrogens with zero attached hydrogens (tertiary/aromatic N) is 1. The molecule has 4 heteroatoms. The quantitative estimate of drug-likeness (QED) is 0.734. The highest BCUT2D eigenvalue weighted by molar-refractivity contribution is 5.71. The fourth-order valence-corrected chi connectivity index (χ4v) is 2.12. The normalized spacial score (nSPS) is 25.8. The molecule has 2 unspecified atom stereocenters. The fourth-order valence-electron chi connectivity index (χ4n) is 2.12. The third kappa shape index (κ3) is 2.11. The monoisotopic (exact) mass is 223 g/mol. The van der Waals surface area contributed by atoms with Crippen LogP contribution >= 0.6 is 0 Å². The van der Waals surface area contributed by atoms with Crippen LogP contribution in [0.4, 0.5) is 5.88 Å². The molecule has 1 aliphatic rings. The highest BCUT2D eigenvalue weighted by atomic mass is 16.5. The van der Waals surface area contributed by atoms with Crippen molar-refractivity contribution in [2.24, 2.45) is 5.92 Å². The van der Waals surface area contributed by atoms with E-state index >= 15 is 0 Å². The predicted octanol–water partition coefficient (Wildman–Crippen LogP) is 1.95. The van der Waals surface area contributed by atoms with Gasteiger partial charge in [0.1, 0.15) is 0 Å². The summed E-state index contributed by atoms with van der Waals surface area (Å²) in [5.74, 6) is 1.71. The standard InChI is InChI=1S/C12H17NO3/c1-9-5-6-13(7-11(9)15-2)12-4-3-10(8-14)16-12/h3-4,8-9,11H,5-7H2,1-2H3. The third-order valence-corrected chi connectivity index (χ3v) is 3.23. The number of piperidine rings is 1. The highest BCUT2D eigenvalue weighted by Gasteiger charge is 2.27. The number of carbonyl (C=O) groups is 1. The lowest BCUT2D eigenvalue weighted by Crippen LogP contribution is -2.43. The summed E-state index contributed by atoms with van der Waals surface area (Å²) in [7, 11) is 1.74. The van der Waals surface area contributed by atoms with Crippen LogP contribution in [0.1, 0.15) is 23.9 Å². The molecule has 16 heavy (non-hydrogen) atoms. The van der Waals surface area contributed by atoms with Crippen molar-refractivity contribution in [1.82, 2.24) is 0 Å². The van der Waals surface area contributed by atoms with Crippen molar-refractivity contribution in [3.05, 3.63) is 17.9 Å². The molecule has 4 nitrogen and oxygen atoms in total. The van der Waals surface area contributed by atoms with Gasteiger partial charge in [-0.25, -0.2) is 0 Å². The molecule has 0 aromatic carbocycles. The lowest BCUT2D eigenvalue weighted by atomic mass is 9.96. The van der Waals surface area contributed by atoms with Crippen LogP contribution in [0.15, 0.2) is 16.5 Å². The molecule has 88 valence electrons. The Morgan fingerprint density at radius 2 is 2.38 bits per heavy atom. The average molecular weight is 223 g/mol. The van der Waals surface area contributed by atoms with Gasteiger partial charge in [0, 0.05) is 26.3 Å². The molecule has 1 aromatic rings. The second-order valence-electron chi connectivity index (χ2n) is 4.28. The van der Waals surface area contributed by atoms with Gasteiger partial charge < -0.3 is 14.1 Å². The molecule has 0 saturated carbocycles. The van der Waals surface area contributed by atoms with E-state index in [1.54, 1.807) is 13.2 Å². The van der Waals surface area contributed by atoms with Gasteiger partial charge in [0.05, 0.1) is 6.10 Å². The van der Waals surface area contributed by atoms with Crippen LogP contribution in [-0.2, 0) is 4.74 Å². The number of ether oxygens (including phenoxy) is 1. The minimum atomic E-state index is 0.235. The summed E-state index contributed by atoms with van der Waals surface area (Å²) in [6, 6.07) is 3.54. The Balaban J connectivity index is 2.07. The van der Waals surface area contributed by atoms with Gasteiger partial charge in [-0.05, 0) is 18.4 Å². The van der Waals surface area contributed by atoms with Crippen molar-refractivity contribution in [3.63, 3.8) is 0 Å². The van der Waals surface area contributed by atoms with Gasteiger partial charge in [0.25, 0.3) is 0 Å². The summed E-state index contributed by atoms with van der Waals surface area (Å²) >= 11 is 0. The van der Waals surface area contributed by atoms with E-state index in [1.165, 1.54) is 0 Å². The Bertz CT molecular complexity index is 361. The molecule has 0 bridgehead atoms. The Hall–Kier alpha value is -1.29. The first-order valence-corrected chi connectivity index (χ1v) is 5.57. The van der Waals surface area contributed by atoms with Crippen molar-refractivity contribution < 1.29 is 13.9 Å². The Morgan fingerprint density at radius 3 is 3.00 bits per heavy atom. The van der Waals surface area contributed by atoms with Gasteiger partial charge in [-0.15, -0.1) is 0 Å². The molecule has 2 rings (SSSR count). The summed E-state index contributed by atoms with van der Waals surface area (Å²) < 4.78 is 10.8. The summed E-state index contributed by atoms with van der Waals surface area (Å²) in [5, 5.41) is 0. The van der Waals surface area contributed by atoms with Crippen LogP contribution in [0, 0.1) is 5.92 Å². The van der Waals surface area contributed by atoms with Gasteiger partial charge in [0.15, 0.2) is 17.9 Å². The van der Waals surface area contributed by atoms with E-state index in [0.29, 0.717) is 11.7 Å². The summed E-state index contributed by atoms with van der Waals surface area (Å²) in [6.07, 6.45) is 2.04. The van der Waals surface area contributed by atoms with Crippen LogP contribution in [0.25, 0.3) is 0 Å². The maximum Gasteiger partial charge on any atom is 0.196 e. The molecule has 2 atom stereocenters. The van der Waals surface area contributed by atoms with Crippen molar-refractivity contribution in [1.29, 1.82) is 0 Å². The summed E-state index contributed by atoms with van der Waals surface area (Å²) in [6.45, 7) is 3.97. The molecule has 0 spiro atoms. The minimum absolute atomic E-state index is 0.235. The number of hydrogen-bond acceptors (Lipinski definition) is 4. The fraction of sp³-hybridized carbons (Fsp3) is 0.583. The molecular weight excluding hydrogens is 206 g/mol. The van der Waals surface area contributed by atoms with Crippen LogP contribution in [0.2, 0.25) is 0 Å². The van der Waals surface area contributed by atoms with Gasteiger partial charge in [-0.2, -0.15) is 0 Å². The molecule has 0 amide bonds. The van der Waals surface area contributed by atoms with E-state index in [2.05, 4.69) is 11.8 Å². The number of anilines is 1. The van der Waals surface area contributed by atoms with Gasteiger partial charge >= 0.3 is 0 Å². The number of methoxy groups -OCH3 is 1. The minimum Gasteiger partial charge on any atom is -0.438 e. The van der Waals surface area contributed by atoms with Crippen LogP contribution < -0.4 is 4.90 Å². The molecule has 0 radical (unpaired) electrons. The van der Waals surface area contributed by atoms with E-state index in [4.69, 9.17) is 9.15 Å².